The molecule has 0 aliphatic carbocycles. The summed E-state index contributed by atoms with van der Waals surface area (Å²) >= 11 is 0. The minimum Gasteiger partial charge on any atom is -0.504 e. The molecular formula is C12H14O5. The third kappa shape index (κ3) is 4.14. The van der Waals surface area contributed by atoms with Gasteiger partial charge in [0.25, 0.3) is 0 Å². The Hall–Kier alpha value is -2.04. The zero-order chi connectivity index (χ0) is 12.7. The molecule has 1 aromatic carbocycles. The first-order valence-electron chi connectivity index (χ1n) is 5.24. The fraction of sp³-hybridized carbons (Fsp3) is 0.333. The van der Waals surface area contributed by atoms with Gasteiger partial charge in [0.05, 0.1) is 19.6 Å². The summed E-state index contributed by atoms with van der Waals surface area (Å²) in [7, 11) is 0. The topological polar surface area (TPSA) is 72.8 Å². The zero-order valence-electron chi connectivity index (χ0n) is 9.51. The quantitative estimate of drug-likeness (QED) is 0.601. The van der Waals surface area contributed by atoms with Crippen LogP contribution in [-0.4, -0.2) is 30.6 Å². The molecule has 0 fully saturated rings. The maximum absolute atomic E-state index is 11.0. The van der Waals surface area contributed by atoms with Gasteiger partial charge in [-0.15, -0.1) is 0 Å². The molecule has 5 heteroatoms. The van der Waals surface area contributed by atoms with E-state index in [-0.39, 0.29) is 30.5 Å². The van der Waals surface area contributed by atoms with Crippen LogP contribution in [0.2, 0.25) is 0 Å². The molecule has 92 valence electrons. The summed E-state index contributed by atoms with van der Waals surface area (Å²) in [6, 6.07) is 4.25. The normalized spacial score (nSPS) is 9.71. The molecule has 0 spiro atoms. The molecule has 0 heterocycles. The van der Waals surface area contributed by atoms with Crippen molar-refractivity contribution in [3.05, 3.63) is 23.8 Å². The highest BCUT2D eigenvalue weighted by atomic mass is 16.5. The fourth-order valence-electron chi connectivity index (χ4n) is 1.20. The smallest absolute Gasteiger partial charge is 0.309 e. The molecule has 1 N–H and O–H groups in total. The second-order valence-electron chi connectivity index (χ2n) is 3.25. The van der Waals surface area contributed by atoms with E-state index in [1.54, 1.807) is 6.92 Å². The van der Waals surface area contributed by atoms with E-state index in [1.165, 1.54) is 18.2 Å². The Morgan fingerprint density at radius 2 is 2.24 bits per heavy atom. The molecule has 0 radical (unpaired) electrons. The Morgan fingerprint density at radius 3 is 2.88 bits per heavy atom. The molecule has 0 saturated carbocycles. The fourth-order valence-corrected chi connectivity index (χ4v) is 1.20. The number of rotatable bonds is 6. The first-order chi connectivity index (χ1) is 8.17. The van der Waals surface area contributed by atoms with Crippen LogP contribution < -0.4 is 4.74 Å². The molecular weight excluding hydrogens is 224 g/mol. The van der Waals surface area contributed by atoms with Gasteiger partial charge in [-0.05, 0) is 25.1 Å². The zero-order valence-corrected chi connectivity index (χ0v) is 9.51. The molecule has 0 aliphatic heterocycles. The molecule has 1 rings (SSSR count). The van der Waals surface area contributed by atoms with Crippen molar-refractivity contribution in [2.24, 2.45) is 0 Å². The highest BCUT2D eigenvalue weighted by Gasteiger charge is 2.06. The number of aromatic hydroxyl groups is 1. The molecule has 0 atom stereocenters. The van der Waals surface area contributed by atoms with Crippen molar-refractivity contribution in [2.45, 2.75) is 13.3 Å². The van der Waals surface area contributed by atoms with Crippen LogP contribution in [0, 0.1) is 0 Å². The molecule has 1 aromatic rings. The van der Waals surface area contributed by atoms with Crippen molar-refractivity contribution in [3.8, 4) is 11.5 Å². The van der Waals surface area contributed by atoms with E-state index in [0.717, 1.165) is 0 Å². The number of esters is 1. The SMILES string of the molecule is CCOC(=O)CCOc1cc(C=O)ccc1O. The highest BCUT2D eigenvalue weighted by molar-refractivity contribution is 5.76. The van der Waals surface area contributed by atoms with Crippen LogP contribution in [0.1, 0.15) is 23.7 Å². The Labute approximate surface area is 99.0 Å². The van der Waals surface area contributed by atoms with Gasteiger partial charge in [0, 0.05) is 5.56 Å². The second-order valence-corrected chi connectivity index (χ2v) is 3.25. The Morgan fingerprint density at radius 1 is 1.47 bits per heavy atom. The van der Waals surface area contributed by atoms with Gasteiger partial charge in [0.15, 0.2) is 11.5 Å². The van der Waals surface area contributed by atoms with Crippen LogP contribution in [0.25, 0.3) is 0 Å². The number of hydrogen-bond donors (Lipinski definition) is 1. The van der Waals surface area contributed by atoms with Gasteiger partial charge in [-0.1, -0.05) is 0 Å². The summed E-state index contributed by atoms with van der Waals surface area (Å²) in [6.45, 7) is 2.14. The summed E-state index contributed by atoms with van der Waals surface area (Å²) in [5, 5.41) is 9.44. The minimum atomic E-state index is -0.362. The van der Waals surface area contributed by atoms with Crippen LogP contribution in [0.3, 0.4) is 0 Å². The average molecular weight is 238 g/mol. The molecule has 0 aliphatic rings. The van der Waals surface area contributed by atoms with Gasteiger partial charge in [-0.25, -0.2) is 0 Å². The van der Waals surface area contributed by atoms with Gasteiger partial charge in [-0.2, -0.15) is 0 Å². The number of carbonyl (C=O) groups is 2. The van der Waals surface area contributed by atoms with Crippen molar-refractivity contribution >= 4 is 12.3 Å². The van der Waals surface area contributed by atoms with E-state index in [0.29, 0.717) is 18.5 Å². The Kier molecular flexibility index (Phi) is 5.00. The summed E-state index contributed by atoms with van der Waals surface area (Å²) < 4.78 is 9.90. The first kappa shape index (κ1) is 13.0. The van der Waals surface area contributed by atoms with Crippen LogP contribution >= 0.6 is 0 Å². The standard InChI is InChI=1S/C12H14O5/c1-2-16-12(15)5-6-17-11-7-9(8-13)3-4-10(11)14/h3-4,7-8,14H,2,5-6H2,1H3. The largest absolute Gasteiger partial charge is 0.504 e. The van der Waals surface area contributed by atoms with Gasteiger partial charge in [-0.3, -0.25) is 9.59 Å². The second kappa shape index (κ2) is 6.52. The van der Waals surface area contributed by atoms with Crippen molar-refractivity contribution in [1.29, 1.82) is 0 Å². The van der Waals surface area contributed by atoms with Gasteiger partial charge in [0.2, 0.25) is 0 Å². The van der Waals surface area contributed by atoms with E-state index in [9.17, 15) is 14.7 Å². The maximum atomic E-state index is 11.0. The number of ether oxygens (including phenoxy) is 2. The van der Waals surface area contributed by atoms with E-state index >= 15 is 0 Å². The van der Waals surface area contributed by atoms with Crippen molar-refractivity contribution in [3.63, 3.8) is 0 Å². The van der Waals surface area contributed by atoms with Crippen LogP contribution in [0.4, 0.5) is 0 Å². The van der Waals surface area contributed by atoms with E-state index < -0.39 is 0 Å². The van der Waals surface area contributed by atoms with E-state index in [1.807, 2.05) is 0 Å². The molecule has 0 unspecified atom stereocenters. The lowest BCUT2D eigenvalue weighted by Gasteiger charge is -2.08. The number of phenols is 1. The summed E-state index contributed by atoms with van der Waals surface area (Å²) in [4.78, 5) is 21.5. The number of benzene rings is 1. The number of phenolic OH excluding ortho intramolecular Hbond substituents is 1. The summed E-state index contributed by atoms with van der Waals surface area (Å²) in [5.41, 5.74) is 0.397. The van der Waals surface area contributed by atoms with Gasteiger partial charge < -0.3 is 14.6 Å². The van der Waals surface area contributed by atoms with Crippen molar-refractivity contribution < 1.29 is 24.2 Å². The third-order valence-electron chi connectivity index (χ3n) is 1.99. The van der Waals surface area contributed by atoms with Crippen LogP contribution in [-0.2, 0) is 9.53 Å². The summed E-state index contributed by atoms with van der Waals surface area (Å²) in [6.07, 6.45) is 0.746. The number of hydrogen-bond acceptors (Lipinski definition) is 5. The Bertz CT molecular complexity index is 400. The average Bonchev–Trinajstić information content (AvgIpc) is 2.32. The van der Waals surface area contributed by atoms with E-state index in [4.69, 9.17) is 9.47 Å². The number of carbonyl (C=O) groups excluding carboxylic acids is 2. The molecule has 0 saturated heterocycles. The van der Waals surface area contributed by atoms with Crippen molar-refractivity contribution in [2.75, 3.05) is 13.2 Å². The first-order valence-corrected chi connectivity index (χ1v) is 5.24. The molecule has 5 nitrogen and oxygen atoms in total. The molecule has 0 aromatic heterocycles. The number of aldehydes is 1. The highest BCUT2D eigenvalue weighted by Crippen LogP contribution is 2.26. The molecule has 0 amide bonds. The summed E-state index contributed by atoms with van der Waals surface area (Å²) in [5.74, 6) is -0.253. The van der Waals surface area contributed by atoms with E-state index in [2.05, 4.69) is 0 Å². The maximum Gasteiger partial charge on any atom is 0.309 e. The molecule has 17 heavy (non-hydrogen) atoms. The van der Waals surface area contributed by atoms with Crippen molar-refractivity contribution in [1.82, 2.24) is 0 Å². The minimum absolute atomic E-state index is 0.0699. The lowest BCUT2D eigenvalue weighted by Crippen LogP contribution is -2.09. The third-order valence-corrected chi connectivity index (χ3v) is 1.99. The monoisotopic (exact) mass is 238 g/mol. The molecule has 0 bridgehead atoms. The van der Waals surface area contributed by atoms with Gasteiger partial charge in [0.1, 0.15) is 6.29 Å². The predicted molar refractivity (Wildman–Crippen MR) is 60.2 cm³/mol. The van der Waals surface area contributed by atoms with Gasteiger partial charge >= 0.3 is 5.97 Å². The lowest BCUT2D eigenvalue weighted by atomic mass is 10.2. The lowest BCUT2D eigenvalue weighted by molar-refractivity contribution is -0.143. The predicted octanol–water partition coefficient (Wildman–Crippen LogP) is 1.54. The van der Waals surface area contributed by atoms with Crippen LogP contribution in [0.5, 0.6) is 11.5 Å². The Balaban J connectivity index is 2.51. The van der Waals surface area contributed by atoms with Crippen LogP contribution in [0.15, 0.2) is 18.2 Å².